The zero-order valence-electron chi connectivity index (χ0n) is 20.3. The molecule has 0 spiro atoms. The highest BCUT2D eigenvalue weighted by Crippen LogP contribution is 2.25. The molecular weight excluding hydrogens is 563 g/mol. The molecule has 1 atom stereocenters. The first-order valence-corrected chi connectivity index (χ1v) is 13.3. The number of halogens is 3. The van der Waals surface area contributed by atoms with Crippen molar-refractivity contribution in [2.75, 3.05) is 13.2 Å². The number of aryl methyl sites for hydroxylation is 1. The van der Waals surface area contributed by atoms with Gasteiger partial charge in [-0.2, -0.15) is 0 Å². The normalized spacial score (nSPS) is 11.6. The number of ether oxygens (including phenoxy) is 1. The van der Waals surface area contributed by atoms with Crippen LogP contribution in [-0.4, -0.2) is 35.9 Å². The van der Waals surface area contributed by atoms with E-state index in [9.17, 15) is 9.59 Å². The summed E-state index contributed by atoms with van der Waals surface area (Å²) in [4.78, 5) is 28.5. The second-order valence-electron chi connectivity index (χ2n) is 8.47. The van der Waals surface area contributed by atoms with Gasteiger partial charge in [0.15, 0.2) is 6.61 Å². The van der Waals surface area contributed by atoms with Gasteiger partial charge in [0.2, 0.25) is 5.91 Å². The molecule has 1 N–H and O–H groups in total. The molecule has 0 saturated carbocycles. The third kappa shape index (κ3) is 7.99. The van der Waals surface area contributed by atoms with Crippen molar-refractivity contribution in [2.24, 2.45) is 0 Å². The number of amides is 2. The first-order valence-electron chi connectivity index (χ1n) is 11.7. The summed E-state index contributed by atoms with van der Waals surface area (Å²) in [6.07, 6.45) is 1.15. The Balaban J connectivity index is 1.91. The topological polar surface area (TPSA) is 58.6 Å². The first-order chi connectivity index (χ1) is 17.3. The summed E-state index contributed by atoms with van der Waals surface area (Å²) < 4.78 is 6.79. The zero-order valence-corrected chi connectivity index (χ0v) is 23.4. The predicted octanol–water partition coefficient (Wildman–Crippen LogP) is 6.61. The van der Waals surface area contributed by atoms with Crippen molar-refractivity contribution in [3.8, 4) is 5.75 Å². The van der Waals surface area contributed by atoms with Crippen LogP contribution in [0.25, 0.3) is 0 Å². The van der Waals surface area contributed by atoms with Crippen molar-refractivity contribution in [1.82, 2.24) is 10.2 Å². The van der Waals surface area contributed by atoms with Gasteiger partial charge in [0.05, 0.1) is 10.0 Å². The molecule has 3 aromatic carbocycles. The molecule has 0 heterocycles. The van der Waals surface area contributed by atoms with Crippen LogP contribution in [0.5, 0.6) is 5.75 Å². The largest absolute Gasteiger partial charge is 0.484 e. The van der Waals surface area contributed by atoms with Crippen molar-refractivity contribution in [2.45, 2.75) is 39.3 Å². The number of hydrogen-bond donors (Lipinski definition) is 1. The Morgan fingerprint density at radius 2 is 1.75 bits per heavy atom. The van der Waals surface area contributed by atoms with Gasteiger partial charge in [0.25, 0.3) is 5.91 Å². The second-order valence-corrected chi connectivity index (χ2v) is 10.1. The molecule has 3 aromatic rings. The molecule has 0 fully saturated rings. The van der Waals surface area contributed by atoms with E-state index in [0.717, 1.165) is 27.6 Å². The molecule has 0 aliphatic carbocycles. The average Bonchev–Trinajstić information content (AvgIpc) is 2.87. The molecule has 0 aliphatic rings. The molecule has 36 heavy (non-hydrogen) atoms. The Morgan fingerprint density at radius 1 is 1.00 bits per heavy atom. The highest BCUT2D eigenvalue weighted by Gasteiger charge is 2.30. The monoisotopic (exact) mass is 590 g/mol. The van der Waals surface area contributed by atoms with E-state index in [1.165, 1.54) is 0 Å². The van der Waals surface area contributed by atoms with Gasteiger partial charge in [-0.25, -0.2) is 0 Å². The van der Waals surface area contributed by atoms with Gasteiger partial charge in [-0.05, 0) is 60.4 Å². The fraction of sp³-hybridized carbons (Fsp3) is 0.286. The second kappa shape index (κ2) is 13.7. The number of carbonyl (C=O) groups is 2. The third-order valence-corrected chi connectivity index (χ3v) is 7.28. The van der Waals surface area contributed by atoms with Crippen LogP contribution in [0.1, 0.15) is 30.0 Å². The molecule has 0 radical (unpaired) electrons. The highest BCUT2D eigenvalue weighted by atomic mass is 79.9. The Bertz CT molecular complexity index is 1190. The quantitative estimate of drug-likeness (QED) is 0.273. The van der Waals surface area contributed by atoms with Gasteiger partial charge in [-0.3, -0.25) is 9.59 Å². The van der Waals surface area contributed by atoms with Gasteiger partial charge >= 0.3 is 0 Å². The lowest BCUT2D eigenvalue weighted by atomic mass is 10.0. The predicted molar refractivity (Wildman–Crippen MR) is 149 cm³/mol. The summed E-state index contributed by atoms with van der Waals surface area (Å²) in [5.74, 6) is 0.0522. The van der Waals surface area contributed by atoms with Gasteiger partial charge < -0.3 is 15.0 Å². The lowest BCUT2D eigenvalue weighted by molar-refractivity contribution is -0.142. The van der Waals surface area contributed by atoms with Gasteiger partial charge in [-0.1, -0.05) is 82.5 Å². The van der Waals surface area contributed by atoms with Crippen LogP contribution in [0.4, 0.5) is 0 Å². The van der Waals surface area contributed by atoms with Gasteiger partial charge in [0, 0.05) is 24.0 Å². The Morgan fingerprint density at radius 3 is 2.42 bits per heavy atom. The molecule has 0 saturated heterocycles. The van der Waals surface area contributed by atoms with Crippen LogP contribution >= 0.6 is 39.1 Å². The maximum absolute atomic E-state index is 13.6. The molecule has 2 amide bonds. The minimum Gasteiger partial charge on any atom is -0.484 e. The fourth-order valence-electron chi connectivity index (χ4n) is 3.69. The van der Waals surface area contributed by atoms with Crippen molar-refractivity contribution in [3.05, 3.63) is 97.9 Å². The highest BCUT2D eigenvalue weighted by molar-refractivity contribution is 9.10. The van der Waals surface area contributed by atoms with Crippen molar-refractivity contribution in [1.29, 1.82) is 0 Å². The smallest absolute Gasteiger partial charge is 0.261 e. The standard InChI is InChI=1S/C28H29BrCl2N2O3/c1-3-13-32-28(35)26(16-20-7-5-4-6-8-20)33(17-21-9-12-24(30)25(31)15-21)27(34)18-36-22-10-11-23(29)19(2)14-22/h4-12,14-15,26H,3,13,16-18H2,1-2H3,(H,32,35). The number of nitrogens with zero attached hydrogens (tertiary/aromatic N) is 1. The van der Waals surface area contributed by atoms with Crippen LogP contribution in [0, 0.1) is 6.92 Å². The van der Waals surface area contributed by atoms with E-state index in [-0.39, 0.29) is 25.0 Å². The summed E-state index contributed by atoms with van der Waals surface area (Å²) >= 11 is 15.8. The van der Waals surface area contributed by atoms with Crippen LogP contribution in [-0.2, 0) is 22.6 Å². The summed E-state index contributed by atoms with van der Waals surface area (Å²) in [5.41, 5.74) is 2.71. The van der Waals surface area contributed by atoms with Crippen molar-refractivity contribution in [3.63, 3.8) is 0 Å². The van der Waals surface area contributed by atoms with Gasteiger partial charge in [-0.15, -0.1) is 0 Å². The van der Waals surface area contributed by atoms with Crippen molar-refractivity contribution < 1.29 is 14.3 Å². The summed E-state index contributed by atoms with van der Waals surface area (Å²) in [6.45, 7) is 4.42. The zero-order chi connectivity index (χ0) is 26.1. The Labute approximate surface area is 230 Å². The SMILES string of the molecule is CCCNC(=O)C(Cc1ccccc1)N(Cc1ccc(Cl)c(Cl)c1)C(=O)COc1ccc(Br)c(C)c1. The molecule has 0 bridgehead atoms. The molecule has 190 valence electrons. The van der Waals surface area contributed by atoms with E-state index < -0.39 is 6.04 Å². The molecule has 0 aromatic heterocycles. The minimum absolute atomic E-state index is 0.176. The minimum atomic E-state index is -0.740. The van der Waals surface area contributed by atoms with Crippen LogP contribution in [0.2, 0.25) is 10.0 Å². The number of carbonyl (C=O) groups excluding carboxylic acids is 2. The van der Waals surface area contributed by atoms with Crippen molar-refractivity contribution >= 4 is 50.9 Å². The molecule has 0 aliphatic heterocycles. The average molecular weight is 592 g/mol. The van der Waals surface area contributed by atoms with E-state index >= 15 is 0 Å². The van der Waals surface area contributed by atoms with E-state index in [1.54, 1.807) is 29.2 Å². The summed E-state index contributed by atoms with van der Waals surface area (Å²) in [7, 11) is 0. The van der Waals surface area contributed by atoms with Crippen LogP contribution in [0.15, 0.2) is 71.2 Å². The molecule has 3 rings (SSSR count). The van der Waals surface area contributed by atoms with Crippen LogP contribution in [0.3, 0.4) is 0 Å². The Hall–Kier alpha value is -2.54. The van der Waals surface area contributed by atoms with E-state index in [0.29, 0.717) is 28.8 Å². The lowest BCUT2D eigenvalue weighted by Gasteiger charge is -2.31. The molecule has 8 heteroatoms. The number of benzene rings is 3. The summed E-state index contributed by atoms with van der Waals surface area (Å²) in [6, 6.07) is 19.6. The molecule has 1 unspecified atom stereocenters. The lowest BCUT2D eigenvalue weighted by Crippen LogP contribution is -2.51. The van der Waals surface area contributed by atoms with E-state index in [1.807, 2.05) is 56.3 Å². The number of hydrogen-bond acceptors (Lipinski definition) is 3. The maximum Gasteiger partial charge on any atom is 0.261 e. The molecule has 5 nitrogen and oxygen atoms in total. The third-order valence-electron chi connectivity index (χ3n) is 5.65. The first kappa shape index (κ1) is 28.0. The van der Waals surface area contributed by atoms with Gasteiger partial charge in [0.1, 0.15) is 11.8 Å². The van der Waals surface area contributed by atoms with E-state index in [4.69, 9.17) is 27.9 Å². The molecular formula is C28H29BrCl2N2O3. The maximum atomic E-state index is 13.6. The Kier molecular flexibility index (Phi) is 10.7. The number of nitrogens with one attached hydrogen (secondary N) is 1. The van der Waals surface area contributed by atoms with Crippen LogP contribution < -0.4 is 10.1 Å². The summed E-state index contributed by atoms with van der Waals surface area (Å²) in [5, 5.41) is 3.77. The van der Waals surface area contributed by atoms with E-state index in [2.05, 4.69) is 21.2 Å². The number of rotatable bonds is 11. The fourth-order valence-corrected chi connectivity index (χ4v) is 4.26.